The summed E-state index contributed by atoms with van der Waals surface area (Å²) >= 11 is 2.49. The van der Waals surface area contributed by atoms with Gasteiger partial charge in [-0.2, -0.15) is 0 Å². The van der Waals surface area contributed by atoms with Crippen LogP contribution in [-0.4, -0.2) is 0 Å². The molecule has 0 nitrogen and oxygen atoms in total. The van der Waals surface area contributed by atoms with Crippen molar-refractivity contribution < 1.29 is 27.5 Å². The Morgan fingerprint density at radius 2 is 0.560 bits per heavy atom. The van der Waals surface area contributed by atoms with Crippen molar-refractivity contribution in [3.8, 4) is 0 Å². The van der Waals surface area contributed by atoms with Crippen LogP contribution in [0, 0.1) is 0 Å². The Kier molecular flexibility index (Phi) is 15.0. The first-order valence-corrected chi connectivity index (χ1v) is 23.8. The minimum absolute atomic E-state index is 0.337. The van der Waals surface area contributed by atoms with E-state index in [-0.39, 0.29) is 0 Å². The van der Waals surface area contributed by atoms with E-state index in [0.29, 0.717) is 14.4 Å². The molecule has 0 bridgehead atoms. The molecule has 7 aromatic carbocycles. The van der Waals surface area contributed by atoms with Crippen molar-refractivity contribution >= 4 is 71.2 Å². The number of benzene rings is 7. The Labute approximate surface area is 314 Å². The van der Waals surface area contributed by atoms with Gasteiger partial charge in [0.15, 0.2) is 0 Å². The van der Waals surface area contributed by atoms with Gasteiger partial charge in [0.25, 0.3) is 0 Å². The SMILES string of the molecule is FC(F)(F)c1cc[c]([Pd][I])cc1.c1ccc(P(c2ccccc2)c2ccccc2)cc1.c1ccc(P(c2ccccc2)c2ccccc2)cc1. The molecule has 7 rings (SSSR count). The zero-order chi connectivity index (χ0) is 35.0. The summed E-state index contributed by atoms with van der Waals surface area (Å²) in [7, 11) is -0.892. The van der Waals surface area contributed by atoms with Crippen LogP contribution in [-0.2, 0) is 20.5 Å². The van der Waals surface area contributed by atoms with Crippen LogP contribution < -0.4 is 35.9 Å². The first kappa shape index (κ1) is 37.8. The van der Waals surface area contributed by atoms with Crippen LogP contribution in [0.4, 0.5) is 13.2 Å². The van der Waals surface area contributed by atoms with Crippen molar-refractivity contribution in [2.45, 2.75) is 6.18 Å². The second kappa shape index (κ2) is 19.8. The van der Waals surface area contributed by atoms with Crippen LogP contribution in [0.1, 0.15) is 5.56 Å². The van der Waals surface area contributed by atoms with E-state index in [1.165, 1.54) is 44.0 Å². The summed E-state index contributed by atoms with van der Waals surface area (Å²) < 4.78 is 37.0. The molecule has 0 heterocycles. The van der Waals surface area contributed by atoms with Crippen molar-refractivity contribution in [3.63, 3.8) is 0 Å². The molecule has 0 spiro atoms. The predicted octanol–water partition coefficient (Wildman–Crippen LogP) is 9.65. The zero-order valence-corrected chi connectivity index (χ0v) is 32.4. The summed E-state index contributed by atoms with van der Waals surface area (Å²) in [5.41, 5.74) is -0.579. The molecule has 0 fully saturated rings. The van der Waals surface area contributed by atoms with E-state index in [1.54, 1.807) is 0 Å². The Bertz CT molecular complexity index is 1640. The molecule has 0 aromatic heterocycles. The number of alkyl halides is 3. The quantitative estimate of drug-likeness (QED) is 0.0850. The average Bonchev–Trinajstić information content (AvgIpc) is 3.18. The van der Waals surface area contributed by atoms with Crippen LogP contribution in [0.2, 0.25) is 0 Å². The number of hydrogen-bond acceptors (Lipinski definition) is 0. The third-order valence-corrected chi connectivity index (χ3v) is 15.4. The minimum atomic E-state index is -4.21. The topological polar surface area (TPSA) is 0 Å². The van der Waals surface area contributed by atoms with E-state index < -0.39 is 27.6 Å². The Morgan fingerprint density at radius 1 is 0.340 bits per heavy atom. The van der Waals surface area contributed by atoms with E-state index in [2.05, 4.69) is 202 Å². The van der Waals surface area contributed by atoms with E-state index in [4.69, 9.17) is 0 Å². The molecule has 0 amide bonds. The molecule has 7 aromatic rings. The van der Waals surface area contributed by atoms with Gasteiger partial charge < -0.3 is 0 Å². The number of hydrogen-bond donors (Lipinski definition) is 0. The van der Waals surface area contributed by atoms with Gasteiger partial charge in [0, 0.05) is 0 Å². The van der Waals surface area contributed by atoms with Gasteiger partial charge in [-0.1, -0.05) is 182 Å². The molecule has 0 unspecified atom stereocenters. The largest absolute Gasteiger partial charge is 0.0622 e. The third kappa shape index (κ3) is 11.3. The fraction of sp³-hybridized carbons (Fsp3) is 0.0233. The Balaban J connectivity index is 0.000000150. The summed E-state index contributed by atoms with van der Waals surface area (Å²) in [4.78, 5) is 0. The molecule has 0 atom stereocenters. The van der Waals surface area contributed by atoms with Gasteiger partial charge in [0.1, 0.15) is 0 Å². The molecule has 0 saturated carbocycles. The molecule has 50 heavy (non-hydrogen) atoms. The monoisotopic (exact) mass is 902 g/mol. The van der Waals surface area contributed by atoms with Gasteiger partial charge in [-0.15, -0.1) is 0 Å². The van der Waals surface area contributed by atoms with Crippen LogP contribution in [0.15, 0.2) is 206 Å². The maximum Gasteiger partial charge on any atom is -0.0134 e. The van der Waals surface area contributed by atoms with Gasteiger partial charge >= 0.3 is 87.1 Å². The summed E-state index contributed by atoms with van der Waals surface area (Å²) in [6.07, 6.45) is -4.21. The first-order chi connectivity index (χ1) is 24.4. The third-order valence-electron chi connectivity index (χ3n) is 7.31. The normalized spacial score (nSPS) is 10.9. The molecular weight excluding hydrogens is 869 g/mol. The van der Waals surface area contributed by atoms with Crippen LogP contribution >= 0.6 is 35.4 Å². The second-order valence-corrected chi connectivity index (χ2v) is 18.4. The second-order valence-electron chi connectivity index (χ2n) is 10.7. The van der Waals surface area contributed by atoms with Crippen molar-refractivity contribution in [3.05, 3.63) is 212 Å². The Hall–Kier alpha value is -3.42. The van der Waals surface area contributed by atoms with Gasteiger partial charge in [0.05, 0.1) is 0 Å². The van der Waals surface area contributed by atoms with Crippen molar-refractivity contribution in [2.75, 3.05) is 0 Å². The molecule has 0 aliphatic rings. The fourth-order valence-corrected chi connectivity index (χ4v) is 11.4. The van der Waals surface area contributed by atoms with Gasteiger partial charge in [-0.05, 0) is 47.7 Å². The molecule has 254 valence electrons. The molecule has 7 heteroatoms. The Morgan fingerprint density at radius 3 is 0.740 bits per heavy atom. The van der Waals surface area contributed by atoms with Crippen LogP contribution in [0.25, 0.3) is 0 Å². The summed E-state index contributed by atoms with van der Waals surface area (Å²) in [5, 5.41) is 8.39. The molecule has 0 saturated heterocycles. The maximum atomic E-state index is 12.0. The molecule has 0 aliphatic heterocycles. The fourth-order valence-electron chi connectivity index (χ4n) is 5.03. The summed E-state index contributed by atoms with van der Waals surface area (Å²) in [6, 6.07) is 69.9. The predicted molar refractivity (Wildman–Crippen MR) is 215 cm³/mol. The summed E-state index contributed by atoms with van der Waals surface area (Å²) in [5.74, 6) is 0. The summed E-state index contributed by atoms with van der Waals surface area (Å²) in [6.45, 7) is 0. The maximum absolute atomic E-state index is 12.0. The molecule has 0 radical (unpaired) electrons. The minimum Gasteiger partial charge on any atom is -0.0622 e. The number of halogens is 4. The van der Waals surface area contributed by atoms with Crippen molar-refractivity contribution in [1.82, 2.24) is 0 Å². The average molecular weight is 903 g/mol. The molecule has 0 N–H and O–H groups in total. The van der Waals surface area contributed by atoms with Gasteiger partial charge in [0.2, 0.25) is 0 Å². The van der Waals surface area contributed by atoms with E-state index in [1.807, 2.05) is 0 Å². The van der Waals surface area contributed by atoms with Crippen LogP contribution in [0.3, 0.4) is 0 Å². The number of rotatable bonds is 7. The van der Waals surface area contributed by atoms with Gasteiger partial charge in [-0.3, -0.25) is 0 Å². The van der Waals surface area contributed by atoms with Crippen molar-refractivity contribution in [1.29, 1.82) is 0 Å². The van der Waals surface area contributed by atoms with Gasteiger partial charge in [-0.25, -0.2) is 0 Å². The van der Waals surface area contributed by atoms with E-state index in [9.17, 15) is 13.2 Å². The molecular formula is C43H34F3IP2Pd. The van der Waals surface area contributed by atoms with Crippen molar-refractivity contribution in [2.24, 2.45) is 0 Å². The van der Waals surface area contributed by atoms with Crippen LogP contribution in [0.5, 0.6) is 0 Å². The first-order valence-electron chi connectivity index (χ1n) is 15.7. The smallest absolute Gasteiger partial charge is 0.0134 e. The van der Waals surface area contributed by atoms with E-state index in [0.717, 1.165) is 16.2 Å². The van der Waals surface area contributed by atoms with E-state index >= 15 is 0 Å². The zero-order valence-electron chi connectivity index (χ0n) is 26.9. The standard InChI is InChI=1S/2C18H15P.C7H4F3.HI.Pd/c2*1-4-10-16(11-5-1)19(17-12-6-2-7-13-17)18-14-8-3-9-15-18;8-7(9,10)6-4-2-1-3-5-6;;/h2*1-15H;2-5H;1H;/q;;;;+1/p-1. The molecule has 0 aliphatic carbocycles.